The fourth-order valence-corrected chi connectivity index (χ4v) is 9.08. The molecule has 5 aliphatic carbocycles. The topological polar surface area (TPSA) is 82.7 Å². The first kappa shape index (κ1) is 27.9. The first-order valence-electron chi connectivity index (χ1n) is 16.3. The zero-order valence-corrected chi connectivity index (χ0v) is 24.8. The Balaban J connectivity index is 0.929. The lowest BCUT2D eigenvalue weighted by molar-refractivity contribution is -0.118. The first-order valence-corrected chi connectivity index (χ1v) is 16.3. The van der Waals surface area contributed by atoms with Gasteiger partial charge in [-0.15, -0.1) is 0 Å². The van der Waals surface area contributed by atoms with Crippen LogP contribution < -0.4 is 20.7 Å². The predicted octanol–water partition coefficient (Wildman–Crippen LogP) is 5.12. The number of rotatable bonds is 12. The molecule has 3 N–H and O–H groups in total. The molecule has 7 heteroatoms. The van der Waals surface area contributed by atoms with Gasteiger partial charge in [-0.3, -0.25) is 9.59 Å². The molecule has 2 unspecified atom stereocenters. The maximum Gasteiger partial charge on any atom is 0.262 e. The fraction of sp³-hybridized carbons (Fsp3) is 0.600. The zero-order chi connectivity index (χ0) is 28.6. The van der Waals surface area contributed by atoms with Gasteiger partial charge in [0.15, 0.2) is 6.61 Å². The molecule has 4 bridgehead atoms. The molecule has 1 saturated heterocycles. The van der Waals surface area contributed by atoms with Crippen LogP contribution in [0.1, 0.15) is 80.1 Å². The smallest absolute Gasteiger partial charge is 0.262 e. The molecule has 8 rings (SSSR count). The Bertz CT molecular complexity index is 1270. The highest BCUT2D eigenvalue weighted by Gasteiger charge is 2.57. The van der Waals surface area contributed by atoms with Crippen LogP contribution in [0.15, 0.2) is 48.5 Å². The van der Waals surface area contributed by atoms with Crippen molar-refractivity contribution in [3.05, 3.63) is 59.7 Å². The van der Waals surface area contributed by atoms with Gasteiger partial charge in [-0.1, -0.05) is 18.2 Å². The Hall–Kier alpha value is -2.90. The van der Waals surface area contributed by atoms with E-state index in [2.05, 4.69) is 33.0 Å². The summed E-state index contributed by atoms with van der Waals surface area (Å²) in [4.78, 5) is 27.6. The second-order valence-corrected chi connectivity index (χ2v) is 14.2. The van der Waals surface area contributed by atoms with Crippen molar-refractivity contribution in [2.75, 3.05) is 44.6 Å². The number of amides is 2. The van der Waals surface area contributed by atoms with Crippen molar-refractivity contribution in [1.29, 1.82) is 0 Å². The molecule has 2 atom stereocenters. The summed E-state index contributed by atoms with van der Waals surface area (Å²) in [5.41, 5.74) is 3.34. The van der Waals surface area contributed by atoms with Crippen LogP contribution in [0.4, 0.5) is 5.69 Å². The lowest BCUT2D eigenvalue weighted by atomic mass is 9.43. The van der Waals surface area contributed by atoms with Crippen LogP contribution in [0.2, 0.25) is 0 Å². The molecule has 0 aromatic heterocycles. The normalized spacial score (nSPS) is 29.9. The van der Waals surface area contributed by atoms with Crippen LogP contribution in [0, 0.1) is 17.3 Å². The fourth-order valence-electron chi connectivity index (χ4n) is 9.08. The quantitative estimate of drug-likeness (QED) is 0.309. The van der Waals surface area contributed by atoms with Gasteiger partial charge in [0, 0.05) is 36.9 Å². The van der Waals surface area contributed by atoms with Crippen LogP contribution in [0.5, 0.6) is 5.75 Å². The molecule has 2 amide bonds. The van der Waals surface area contributed by atoms with E-state index in [-0.39, 0.29) is 23.8 Å². The highest BCUT2D eigenvalue weighted by atomic mass is 16.5. The Kier molecular flexibility index (Phi) is 7.74. The van der Waals surface area contributed by atoms with Gasteiger partial charge in [-0.05, 0) is 136 Å². The highest BCUT2D eigenvalue weighted by Crippen LogP contribution is 2.65. The molecule has 5 saturated carbocycles. The second-order valence-electron chi connectivity index (χ2n) is 14.2. The summed E-state index contributed by atoms with van der Waals surface area (Å²) in [6.45, 7) is 5.96. The monoisotopic (exact) mass is 570 g/mol. The number of carbonyl (C=O) groups excluding carboxylic acids is 2. The highest BCUT2D eigenvalue weighted by molar-refractivity contribution is 5.97. The van der Waals surface area contributed by atoms with Crippen molar-refractivity contribution in [3.63, 3.8) is 0 Å². The number of nitrogens with zero attached hydrogens (tertiary/aromatic N) is 1. The molecule has 1 aliphatic heterocycles. The number of benzene rings is 2. The predicted molar refractivity (Wildman–Crippen MR) is 165 cm³/mol. The van der Waals surface area contributed by atoms with E-state index in [9.17, 15) is 9.59 Å². The number of nitrogens with one attached hydrogen (secondary N) is 3. The van der Waals surface area contributed by atoms with Gasteiger partial charge in [0.2, 0.25) is 0 Å². The minimum Gasteiger partial charge on any atom is -0.484 e. The van der Waals surface area contributed by atoms with Crippen molar-refractivity contribution in [1.82, 2.24) is 15.5 Å². The molecule has 1 heterocycles. The Labute approximate surface area is 250 Å². The number of ether oxygens (including phenoxy) is 1. The summed E-state index contributed by atoms with van der Waals surface area (Å²) >= 11 is 0. The average Bonchev–Trinajstić information content (AvgIpc) is 3.64. The summed E-state index contributed by atoms with van der Waals surface area (Å²) in [6.07, 6.45) is 13.0. The molecule has 0 radical (unpaired) electrons. The van der Waals surface area contributed by atoms with E-state index in [1.54, 1.807) is 24.3 Å². The van der Waals surface area contributed by atoms with E-state index in [4.69, 9.17) is 4.74 Å². The molecule has 6 aliphatic rings. The van der Waals surface area contributed by atoms with Gasteiger partial charge in [0.25, 0.3) is 11.8 Å². The summed E-state index contributed by atoms with van der Waals surface area (Å²) < 4.78 is 5.87. The zero-order valence-electron chi connectivity index (χ0n) is 24.8. The number of hydrogen-bond acceptors (Lipinski definition) is 5. The summed E-state index contributed by atoms with van der Waals surface area (Å²) in [5.74, 6) is 2.09. The first-order chi connectivity index (χ1) is 20.5. The van der Waals surface area contributed by atoms with E-state index in [0.29, 0.717) is 22.7 Å². The summed E-state index contributed by atoms with van der Waals surface area (Å²) in [7, 11) is 0. The number of anilines is 1. The SMILES string of the molecule is O=C(COc1ccc(C23CC4CC(CC(CNCCN5CCCC5)(C4)C2)C3)cc1)Nc1cccc(C(=O)NC2CC2)c1. The molecular weight excluding hydrogens is 524 g/mol. The molecule has 2 aromatic rings. The van der Waals surface area contributed by atoms with Gasteiger partial charge < -0.3 is 25.6 Å². The Morgan fingerprint density at radius 1 is 0.952 bits per heavy atom. The van der Waals surface area contributed by atoms with E-state index < -0.39 is 0 Å². The molecule has 224 valence electrons. The number of carbonyl (C=O) groups is 2. The van der Waals surface area contributed by atoms with E-state index in [1.165, 1.54) is 83.1 Å². The van der Waals surface area contributed by atoms with Gasteiger partial charge >= 0.3 is 0 Å². The van der Waals surface area contributed by atoms with E-state index >= 15 is 0 Å². The van der Waals surface area contributed by atoms with Crippen LogP contribution in [-0.2, 0) is 10.2 Å². The van der Waals surface area contributed by atoms with E-state index in [0.717, 1.165) is 37.0 Å². The van der Waals surface area contributed by atoms with Crippen molar-refractivity contribution in [3.8, 4) is 5.75 Å². The third-order valence-electron chi connectivity index (χ3n) is 10.6. The minimum atomic E-state index is -0.237. The molecular formula is C35H46N4O3. The molecule has 42 heavy (non-hydrogen) atoms. The van der Waals surface area contributed by atoms with Gasteiger partial charge in [-0.2, -0.15) is 0 Å². The van der Waals surface area contributed by atoms with Gasteiger partial charge in [0.1, 0.15) is 5.75 Å². The van der Waals surface area contributed by atoms with Crippen molar-refractivity contribution in [2.45, 2.75) is 75.7 Å². The van der Waals surface area contributed by atoms with Crippen molar-refractivity contribution >= 4 is 17.5 Å². The van der Waals surface area contributed by atoms with Crippen LogP contribution in [-0.4, -0.2) is 62.1 Å². The lowest BCUT2D eigenvalue weighted by Crippen LogP contribution is -2.57. The van der Waals surface area contributed by atoms with Gasteiger partial charge in [0.05, 0.1) is 0 Å². The van der Waals surface area contributed by atoms with E-state index in [1.807, 2.05) is 12.1 Å². The minimum absolute atomic E-state index is 0.0701. The van der Waals surface area contributed by atoms with Crippen molar-refractivity contribution < 1.29 is 14.3 Å². The maximum atomic E-state index is 12.6. The number of likely N-dealkylation sites (tertiary alicyclic amines) is 1. The third-order valence-corrected chi connectivity index (χ3v) is 10.6. The molecule has 0 spiro atoms. The average molecular weight is 571 g/mol. The summed E-state index contributed by atoms with van der Waals surface area (Å²) in [5, 5.41) is 9.74. The Morgan fingerprint density at radius 3 is 2.45 bits per heavy atom. The third kappa shape index (κ3) is 6.23. The maximum absolute atomic E-state index is 12.6. The van der Waals surface area contributed by atoms with Gasteiger partial charge in [-0.25, -0.2) is 0 Å². The summed E-state index contributed by atoms with van der Waals surface area (Å²) in [6, 6.07) is 16.0. The van der Waals surface area contributed by atoms with Crippen molar-refractivity contribution in [2.24, 2.45) is 17.3 Å². The molecule has 2 aromatic carbocycles. The molecule has 7 nitrogen and oxygen atoms in total. The standard InChI is InChI=1S/C35H46N4O3/c40-32(37-30-5-3-4-27(17-30)33(41)38-29-8-9-29)22-42-31-10-6-28(7-11-31)35-20-25-16-26(21-35)19-34(18-25,23-35)24-36-12-15-39-13-1-2-14-39/h3-7,10-11,17,25-26,29,36H,1-2,8-9,12-16,18-24H2,(H,37,40)(H,38,41). The Morgan fingerprint density at radius 2 is 1.71 bits per heavy atom. The number of hydrogen-bond donors (Lipinski definition) is 3. The molecule has 6 fully saturated rings. The second kappa shape index (κ2) is 11.6. The lowest BCUT2D eigenvalue weighted by Gasteiger charge is -2.62. The van der Waals surface area contributed by atoms with Crippen LogP contribution >= 0.6 is 0 Å². The van der Waals surface area contributed by atoms with Crippen LogP contribution in [0.3, 0.4) is 0 Å². The van der Waals surface area contributed by atoms with Crippen LogP contribution in [0.25, 0.3) is 0 Å². The largest absolute Gasteiger partial charge is 0.484 e.